The minimum Gasteiger partial charge on any atom is -0.328 e. The molecule has 0 fully saturated rings. The molecule has 3 aromatic carbocycles. The Bertz CT molecular complexity index is 1510. The SMILES string of the molecule is CC(C)(C)c1ccc(C(CCCCCCCOP(O)O)(c2ccc(C(C)(C)C)cc2C(C)(C)C)c2ccc(C(C)(C)C)cc2C(C)(C)C)c(C(C)(C)C)c1. The molecule has 0 aliphatic rings. The van der Waals surface area contributed by atoms with Gasteiger partial charge >= 0.3 is 8.60 Å². The van der Waals surface area contributed by atoms with E-state index in [9.17, 15) is 9.79 Å². The minimum atomic E-state index is -2.29. The van der Waals surface area contributed by atoms with Crippen LogP contribution in [0.5, 0.6) is 0 Å². The van der Waals surface area contributed by atoms with Gasteiger partial charge in [-0.2, -0.15) is 0 Å². The monoisotopic (exact) mass is 759 g/mol. The Hall–Kier alpha value is -2.03. The lowest BCUT2D eigenvalue weighted by Gasteiger charge is -2.46. The molecule has 0 radical (unpaired) electrons. The molecule has 302 valence electrons. The molecule has 3 rings (SSSR count). The Morgan fingerprint density at radius 2 is 0.685 bits per heavy atom. The first-order chi connectivity index (χ1) is 24.4. The maximum atomic E-state index is 9.23. The van der Waals surface area contributed by atoms with Crippen molar-refractivity contribution in [2.45, 2.75) is 201 Å². The minimum absolute atomic E-state index is 0.0218. The fraction of sp³-hybridized carbons (Fsp3) is 0.640. The van der Waals surface area contributed by atoms with Crippen LogP contribution in [-0.2, 0) is 42.4 Å². The van der Waals surface area contributed by atoms with E-state index in [4.69, 9.17) is 4.52 Å². The van der Waals surface area contributed by atoms with Crippen LogP contribution in [0.15, 0.2) is 54.6 Å². The van der Waals surface area contributed by atoms with Crippen LogP contribution in [0.25, 0.3) is 0 Å². The highest BCUT2D eigenvalue weighted by molar-refractivity contribution is 7.39. The lowest BCUT2D eigenvalue weighted by molar-refractivity contribution is 0.248. The van der Waals surface area contributed by atoms with Crippen LogP contribution in [0.1, 0.15) is 213 Å². The number of hydrogen-bond acceptors (Lipinski definition) is 3. The molecule has 0 amide bonds. The van der Waals surface area contributed by atoms with E-state index in [2.05, 4.69) is 179 Å². The molecule has 0 aliphatic heterocycles. The highest BCUT2D eigenvalue weighted by Gasteiger charge is 2.45. The smallest absolute Gasteiger partial charge is 0.327 e. The summed E-state index contributed by atoms with van der Waals surface area (Å²) in [6.45, 7) is 43.0. The molecular weight excluding hydrogens is 680 g/mol. The predicted molar refractivity (Wildman–Crippen MR) is 236 cm³/mol. The molecule has 0 spiro atoms. The molecule has 54 heavy (non-hydrogen) atoms. The zero-order chi connectivity index (χ0) is 41.3. The molecule has 0 aliphatic carbocycles. The molecule has 0 bridgehead atoms. The van der Waals surface area contributed by atoms with Gasteiger partial charge in [0.2, 0.25) is 0 Å². The molecule has 4 heteroatoms. The van der Waals surface area contributed by atoms with Gasteiger partial charge in [0.25, 0.3) is 0 Å². The van der Waals surface area contributed by atoms with E-state index < -0.39 is 14.0 Å². The fourth-order valence-electron chi connectivity index (χ4n) is 8.02. The van der Waals surface area contributed by atoms with Crippen molar-refractivity contribution >= 4 is 8.60 Å². The molecule has 0 saturated carbocycles. The lowest BCUT2D eigenvalue weighted by atomic mass is 9.57. The summed E-state index contributed by atoms with van der Waals surface area (Å²) in [6.07, 6.45) is 6.05. The first-order valence-corrected chi connectivity index (χ1v) is 21.9. The molecular formula is C50H79O3P. The van der Waals surface area contributed by atoms with E-state index >= 15 is 0 Å². The van der Waals surface area contributed by atoms with Gasteiger partial charge < -0.3 is 14.3 Å². The zero-order valence-corrected chi connectivity index (χ0v) is 38.8. The summed E-state index contributed by atoms with van der Waals surface area (Å²) in [4.78, 5) is 18.5. The largest absolute Gasteiger partial charge is 0.328 e. The van der Waals surface area contributed by atoms with Crippen LogP contribution in [-0.4, -0.2) is 16.4 Å². The number of benzene rings is 3. The average molecular weight is 759 g/mol. The van der Waals surface area contributed by atoms with E-state index in [0.717, 1.165) is 38.5 Å². The summed E-state index contributed by atoms with van der Waals surface area (Å²) < 4.78 is 5.09. The van der Waals surface area contributed by atoms with Crippen LogP contribution in [0.3, 0.4) is 0 Å². The number of rotatable bonds is 12. The third kappa shape index (κ3) is 11.3. The standard InChI is InChI=1S/C50H79O3P/c1-44(2,3)35-24-27-38(41(32-35)47(10,11)12)50(30-22-20-19-21-23-31-53-54(51)52,39-28-25-36(45(4,5)6)33-42(39)48(13,14)15)40-29-26-37(46(7,8)9)34-43(40)49(16,17)18/h24-29,32-34,51-52H,19-23,30-31H2,1-18H3. The third-order valence-electron chi connectivity index (χ3n) is 11.4. The van der Waals surface area contributed by atoms with Gasteiger partial charge in [-0.05, 0) is 95.4 Å². The molecule has 0 unspecified atom stereocenters. The Kier molecular flexibility index (Phi) is 14.4. The summed E-state index contributed by atoms with van der Waals surface area (Å²) >= 11 is 0. The Morgan fingerprint density at radius 3 is 0.963 bits per heavy atom. The van der Waals surface area contributed by atoms with Gasteiger partial charge in [-0.15, -0.1) is 0 Å². The van der Waals surface area contributed by atoms with E-state index in [1.165, 1.54) is 50.1 Å². The van der Waals surface area contributed by atoms with Crippen molar-refractivity contribution in [3.63, 3.8) is 0 Å². The molecule has 0 aromatic heterocycles. The Balaban J connectivity index is 2.61. The van der Waals surface area contributed by atoms with Crippen LogP contribution in [0, 0.1) is 0 Å². The van der Waals surface area contributed by atoms with E-state index in [1.54, 1.807) is 0 Å². The Labute approximate surface area is 334 Å². The zero-order valence-electron chi connectivity index (χ0n) is 37.9. The number of hydrogen-bond donors (Lipinski definition) is 2. The van der Waals surface area contributed by atoms with Crippen LogP contribution < -0.4 is 0 Å². The van der Waals surface area contributed by atoms with Crippen molar-refractivity contribution in [3.05, 3.63) is 105 Å². The van der Waals surface area contributed by atoms with Crippen molar-refractivity contribution < 1.29 is 14.3 Å². The van der Waals surface area contributed by atoms with Gasteiger partial charge in [0.05, 0.1) is 6.61 Å². The maximum Gasteiger partial charge on any atom is 0.327 e. The van der Waals surface area contributed by atoms with Crippen LogP contribution in [0.4, 0.5) is 0 Å². The summed E-state index contributed by atoms with van der Waals surface area (Å²) in [5, 5.41) is 0. The summed E-state index contributed by atoms with van der Waals surface area (Å²) in [5.74, 6) is 0. The van der Waals surface area contributed by atoms with Gasteiger partial charge in [-0.25, -0.2) is 0 Å². The van der Waals surface area contributed by atoms with Crippen LogP contribution in [0.2, 0.25) is 0 Å². The third-order valence-corrected chi connectivity index (χ3v) is 11.8. The molecule has 0 heterocycles. The van der Waals surface area contributed by atoms with Crippen molar-refractivity contribution in [1.82, 2.24) is 0 Å². The molecule has 2 N–H and O–H groups in total. The molecule has 3 nitrogen and oxygen atoms in total. The molecule has 0 atom stereocenters. The first-order valence-electron chi connectivity index (χ1n) is 20.7. The summed E-state index contributed by atoms with van der Waals surface area (Å²) in [6, 6.07) is 22.5. The molecule has 0 saturated heterocycles. The average Bonchev–Trinajstić information content (AvgIpc) is 3.01. The quantitative estimate of drug-likeness (QED) is 0.110. The van der Waals surface area contributed by atoms with Crippen molar-refractivity contribution in [2.75, 3.05) is 6.61 Å². The topological polar surface area (TPSA) is 49.7 Å². The normalized spacial score (nSPS) is 13.9. The second-order valence-electron chi connectivity index (χ2n) is 22.3. The Morgan fingerprint density at radius 1 is 0.389 bits per heavy atom. The second kappa shape index (κ2) is 16.8. The van der Waals surface area contributed by atoms with E-state index in [0.29, 0.717) is 6.61 Å². The van der Waals surface area contributed by atoms with Gasteiger partial charge in [-0.3, -0.25) is 0 Å². The van der Waals surface area contributed by atoms with Crippen molar-refractivity contribution in [1.29, 1.82) is 0 Å². The van der Waals surface area contributed by atoms with Crippen molar-refractivity contribution in [2.24, 2.45) is 0 Å². The summed E-state index contributed by atoms with van der Waals surface area (Å²) in [7, 11) is -2.29. The first kappa shape index (κ1) is 46.4. The highest BCUT2D eigenvalue weighted by atomic mass is 31.2. The van der Waals surface area contributed by atoms with E-state index in [1.807, 2.05) is 0 Å². The molecule has 3 aromatic rings. The fourth-order valence-corrected chi connectivity index (χ4v) is 8.31. The van der Waals surface area contributed by atoms with Crippen LogP contribution >= 0.6 is 8.60 Å². The van der Waals surface area contributed by atoms with Gasteiger partial charge in [-0.1, -0.05) is 205 Å². The van der Waals surface area contributed by atoms with Gasteiger partial charge in [0.1, 0.15) is 0 Å². The highest BCUT2D eigenvalue weighted by Crippen LogP contribution is 2.53. The second-order valence-corrected chi connectivity index (χ2v) is 23.1. The summed E-state index contributed by atoms with van der Waals surface area (Å²) in [5.41, 5.74) is 12.0. The van der Waals surface area contributed by atoms with Crippen molar-refractivity contribution in [3.8, 4) is 0 Å². The van der Waals surface area contributed by atoms with Gasteiger partial charge in [0.15, 0.2) is 0 Å². The lowest BCUT2D eigenvalue weighted by Crippen LogP contribution is -2.38. The predicted octanol–water partition coefficient (Wildman–Crippen LogP) is 14.4. The van der Waals surface area contributed by atoms with E-state index in [-0.39, 0.29) is 32.5 Å². The number of unbranched alkanes of at least 4 members (excludes halogenated alkanes) is 4. The van der Waals surface area contributed by atoms with Gasteiger partial charge in [0, 0.05) is 5.41 Å². The maximum absolute atomic E-state index is 9.23.